The van der Waals surface area contributed by atoms with Crippen molar-refractivity contribution in [2.45, 2.75) is 18.5 Å². The summed E-state index contributed by atoms with van der Waals surface area (Å²) in [6.07, 6.45) is 0.729. The van der Waals surface area contributed by atoms with Crippen LogP contribution in [0.5, 0.6) is 0 Å². The van der Waals surface area contributed by atoms with Gasteiger partial charge >= 0.3 is 0 Å². The van der Waals surface area contributed by atoms with Crippen molar-refractivity contribution in [3.8, 4) is 24.3 Å². The maximum atomic E-state index is 9.07. The van der Waals surface area contributed by atoms with Crippen molar-refractivity contribution in [2.24, 2.45) is 17.8 Å². The second-order valence-electron chi connectivity index (χ2n) is 4.15. The summed E-state index contributed by atoms with van der Waals surface area (Å²) in [4.78, 5) is 1.71. The van der Waals surface area contributed by atoms with Crippen molar-refractivity contribution in [1.82, 2.24) is 4.90 Å². The molecule has 3 aliphatic heterocycles. The van der Waals surface area contributed by atoms with Crippen LogP contribution in [0.2, 0.25) is 0 Å². The molecule has 2 bridgehead atoms. The minimum atomic E-state index is -0.530. The smallest absolute Gasteiger partial charge is 0.115 e. The first-order valence-corrected chi connectivity index (χ1v) is 5.12. The Labute approximate surface area is 93.7 Å². The van der Waals surface area contributed by atoms with Gasteiger partial charge in [0.1, 0.15) is 12.1 Å². The first-order chi connectivity index (χ1) is 7.78. The number of piperidine rings is 3. The van der Waals surface area contributed by atoms with Gasteiger partial charge < -0.3 is 0 Å². The summed E-state index contributed by atoms with van der Waals surface area (Å²) in [6.45, 7) is 0.636. The van der Waals surface area contributed by atoms with Gasteiger partial charge in [-0.1, -0.05) is 0 Å². The topological polar surface area (TPSA) is 98.4 Å². The molecule has 5 heteroatoms. The molecule has 0 aromatic heterocycles. The monoisotopic (exact) mass is 211 g/mol. The van der Waals surface area contributed by atoms with E-state index in [-0.39, 0.29) is 5.92 Å². The molecule has 0 amide bonds. The maximum Gasteiger partial charge on any atom is 0.115 e. The van der Waals surface area contributed by atoms with E-state index in [0.29, 0.717) is 6.54 Å². The van der Waals surface area contributed by atoms with Gasteiger partial charge in [-0.3, -0.25) is 4.90 Å². The minimum absolute atomic E-state index is 0.130. The molecule has 0 saturated carbocycles. The molecule has 4 atom stereocenters. The molecule has 3 saturated heterocycles. The normalized spacial score (nSPS) is 44.8. The predicted octanol–water partition coefficient (Wildman–Crippen LogP) is 0.386. The molecule has 3 heterocycles. The fourth-order valence-corrected chi connectivity index (χ4v) is 2.85. The van der Waals surface area contributed by atoms with Gasteiger partial charge in [0.05, 0.1) is 36.1 Å². The van der Waals surface area contributed by atoms with Gasteiger partial charge in [-0.2, -0.15) is 21.0 Å². The van der Waals surface area contributed by atoms with Crippen LogP contribution in [-0.4, -0.2) is 23.5 Å². The van der Waals surface area contributed by atoms with E-state index in [1.165, 1.54) is 0 Å². The molecular formula is C11H9N5. The van der Waals surface area contributed by atoms with Crippen molar-refractivity contribution in [2.75, 3.05) is 6.54 Å². The Bertz CT molecular complexity index is 373. The van der Waals surface area contributed by atoms with Gasteiger partial charge in [0, 0.05) is 6.54 Å². The molecule has 4 unspecified atom stereocenters. The number of nitriles is 4. The van der Waals surface area contributed by atoms with Gasteiger partial charge in [-0.25, -0.2) is 0 Å². The molecule has 0 spiro atoms. The number of hydrogen-bond donors (Lipinski definition) is 0. The molecule has 78 valence electrons. The first-order valence-electron chi connectivity index (χ1n) is 5.12. The highest BCUT2D eigenvalue weighted by Crippen LogP contribution is 2.43. The Morgan fingerprint density at radius 3 is 1.69 bits per heavy atom. The molecular weight excluding hydrogens is 202 g/mol. The molecule has 0 N–H and O–H groups in total. The van der Waals surface area contributed by atoms with Gasteiger partial charge in [-0.15, -0.1) is 0 Å². The number of rotatable bonds is 0. The lowest BCUT2D eigenvalue weighted by Gasteiger charge is -2.50. The largest absolute Gasteiger partial charge is 0.270 e. The van der Waals surface area contributed by atoms with Crippen LogP contribution in [0.15, 0.2) is 0 Å². The minimum Gasteiger partial charge on any atom is -0.270 e. The zero-order valence-corrected chi connectivity index (χ0v) is 8.54. The quantitative estimate of drug-likeness (QED) is 0.577. The molecule has 3 aliphatic rings. The van der Waals surface area contributed by atoms with E-state index in [4.69, 9.17) is 21.0 Å². The van der Waals surface area contributed by atoms with E-state index in [9.17, 15) is 0 Å². The van der Waals surface area contributed by atoms with E-state index in [2.05, 4.69) is 24.3 Å². The molecule has 3 fully saturated rings. The third-order valence-corrected chi connectivity index (χ3v) is 3.60. The summed E-state index contributed by atoms with van der Waals surface area (Å²) >= 11 is 0. The van der Waals surface area contributed by atoms with Crippen molar-refractivity contribution >= 4 is 0 Å². The van der Waals surface area contributed by atoms with Gasteiger partial charge in [0.2, 0.25) is 0 Å². The fraction of sp³-hybridized carbons (Fsp3) is 0.636. The van der Waals surface area contributed by atoms with Crippen molar-refractivity contribution in [3.05, 3.63) is 0 Å². The summed E-state index contributed by atoms with van der Waals surface area (Å²) in [5.74, 6) is -1.00. The molecule has 0 aromatic rings. The number of fused-ring (bicyclic) bond motifs is 3. The third-order valence-electron chi connectivity index (χ3n) is 3.60. The van der Waals surface area contributed by atoms with Crippen LogP contribution in [-0.2, 0) is 0 Å². The summed E-state index contributed by atoms with van der Waals surface area (Å²) in [6, 6.07) is 7.36. The van der Waals surface area contributed by atoms with Crippen LogP contribution in [0.25, 0.3) is 0 Å². The van der Waals surface area contributed by atoms with Crippen LogP contribution in [0.1, 0.15) is 6.42 Å². The van der Waals surface area contributed by atoms with E-state index in [0.717, 1.165) is 6.42 Å². The first kappa shape index (κ1) is 10.4. The highest BCUT2D eigenvalue weighted by Gasteiger charge is 2.53. The average Bonchev–Trinajstić information content (AvgIpc) is 2.36. The lowest BCUT2D eigenvalue weighted by molar-refractivity contribution is -0.0164. The van der Waals surface area contributed by atoms with Crippen LogP contribution in [0.4, 0.5) is 0 Å². The van der Waals surface area contributed by atoms with Crippen LogP contribution in [0.3, 0.4) is 0 Å². The van der Waals surface area contributed by atoms with Crippen molar-refractivity contribution in [3.63, 3.8) is 0 Å². The molecule has 0 aliphatic carbocycles. The maximum absolute atomic E-state index is 9.07. The van der Waals surface area contributed by atoms with E-state index in [1.807, 2.05) is 0 Å². The number of hydrogen-bond acceptors (Lipinski definition) is 5. The lowest BCUT2D eigenvalue weighted by Crippen LogP contribution is -2.62. The Balaban J connectivity index is 2.42. The Kier molecular flexibility index (Phi) is 2.49. The highest BCUT2D eigenvalue weighted by atomic mass is 15.2. The lowest BCUT2D eigenvalue weighted by atomic mass is 9.66. The molecule has 0 aromatic carbocycles. The van der Waals surface area contributed by atoms with Crippen LogP contribution in [0, 0.1) is 63.1 Å². The Hall–Kier alpha value is -2.08. The molecule has 16 heavy (non-hydrogen) atoms. The standard InChI is InChI=1S/C11H9N5/c12-3-8-7-1-2-16(10(8)5-14)11(6-15)9(7)4-13/h7-11H,1-2H2. The zero-order valence-electron chi connectivity index (χ0n) is 8.54. The van der Waals surface area contributed by atoms with Gasteiger partial charge in [-0.05, 0) is 12.3 Å². The third kappa shape index (κ3) is 1.17. The second kappa shape index (κ2) is 3.82. The van der Waals surface area contributed by atoms with E-state index in [1.54, 1.807) is 4.90 Å². The summed E-state index contributed by atoms with van der Waals surface area (Å²) < 4.78 is 0. The highest BCUT2D eigenvalue weighted by molar-refractivity contribution is 5.23. The Morgan fingerprint density at radius 1 is 0.812 bits per heavy atom. The van der Waals surface area contributed by atoms with Crippen molar-refractivity contribution in [1.29, 1.82) is 21.0 Å². The summed E-state index contributed by atoms with van der Waals surface area (Å²) in [5, 5.41) is 36.2. The predicted molar refractivity (Wildman–Crippen MR) is 51.8 cm³/mol. The van der Waals surface area contributed by atoms with Gasteiger partial charge in [0.15, 0.2) is 0 Å². The van der Waals surface area contributed by atoms with Crippen LogP contribution >= 0.6 is 0 Å². The summed E-state index contributed by atoms with van der Waals surface area (Å²) in [7, 11) is 0. The Morgan fingerprint density at radius 2 is 1.31 bits per heavy atom. The second-order valence-corrected chi connectivity index (χ2v) is 4.15. The van der Waals surface area contributed by atoms with E-state index >= 15 is 0 Å². The van der Waals surface area contributed by atoms with Crippen molar-refractivity contribution < 1.29 is 0 Å². The van der Waals surface area contributed by atoms with Crippen LogP contribution < -0.4 is 0 Å². The van der Waals surface area contributed by atoms with E-state index < -0.39 is 23.9 Å². The zero-order chi connectivity index (χ0) is 11.7. The summed E-state index contributed by atoms with van der Waals surface area (Å²) in [5.41, 5.74) is 0. The number of nitrogens with zero attached hydrogens (tertiary/aromatic N) is 5. The molecule has 5 nitrogen and oxygen atoms in total. The molecule has 3 rings (SSSR count). The SMILES string of the molecule is N#CC1C2CCN(C1C#N)C(C#N)C2C#N. The molecule has 0 radical (unpaired) electrons. The fourth-order valence-electron chi connectivity index (χ4n) is 2.85. The van der Waals surface area contributed by atoms with Gasteiger partial charge in [0.25, 0.3) is 0 Å². The average molecular weight is 211 g/mol.